The SMILES string of the molecule is Cc1cc(OCc2ccccc2)ccc1Cn1ccc(NC(=O)c2c(F)cccc2F)n1. The number of ether oxygens (including phenoxy) is 1. The fraction of sp³-hybridized carbons (Fsp3) is 0.120. The second-order valence-electron chi connectivity index (χ2n) is 7.31. The van der Waals surface area contributed by atoms with Gasteiger partial charge in [-0.1, -0.05) is 42.5 Å². The molecule has 4 rings (SSSR count). The predicted octanol–water partition coefficient (Wildman–Crippen LogP) is 5.35. The van der Waals surface area contributed by atoms with Gasteiger partial charge >= 0.3 is 0 Å². The maximum Gasteiger partial charge on any atom is 0.262 e. The van der Waals surface area contributed by atoms with Gasteiger partial charge in [0, 0.05) is 12.3 Å². The Balaban J connectivity index is 1.39. The highest BCUT2D eigenvalue weighted by molar-refractivity contribution is 6.04. The van der Waals surface area contributed by atoms with Crippen LogP contribution < -0.4 is 10.1 Å². The van der Waals surface area contributed by atoms with Crippen LogP contribution in [0.4, 0.5) is 14.6 Å². The predicted molar refractivity (Wildman–Crippen MR) is 118 cm³/mol. The number of rotatable bonds is 7. The van der Waals surface area contributed by atoms with E-state index in [1.54, 1.807) is 16.9 Å². The van der Waals surface area contributed by atoms with Crippen LogP contribution in [0.2, 0.25) is 0 Å². The molecule has 5 nitrogen and oxygen atoms in total. The van der Waals surface area contributed by atoms with Crippen molar-refractivity contribution in [3.05, 3.63) is 113 Å². The molecule has 1 aromatic heterocycles. The number of anilines is 1. The van der Waals surface area contributed by atoms with E-state index in [0.29, 0.717) is 13.2 Å². The van der Waals surface area contributed by atoms with E-state index < -0.39 is 23.1 Å². The lowest BCUT2D eigenvalue weighted by atomic mass is 10.1. The first-order chi connectivity index (χ1) is 15.5. The lowest BCUT2D eigenvalue weighted by Crippen LogP contribution is -2.16. The summed E-state index contributed by atoms with van der Waals surface area (Å²) < 4.78 is 35.1. The number of hydrogen-bond donors (Lipinski definition) is 1. The number of halogens is 2. The zero-order valence-corrected chi connectivity index (χ0v) is 17.4. The fourth-order valence-corrected chi connectivity index (χ4v) is 3.26. The van der Waals surface area contributed by atoms with Crippen molar-refractivity contribution in [1.82, 2.24) is 9.78 Å². The van der Waals surface area contributed by atoms with E-state index in [9.17, 15) is 13.6 Å². The largest absolute Gasteiger partial charge is 0.489 e. The highest BCUT2D eigenvalue weighted by atomic mass is 19.1. The molecule has 0 spiro atoms. The van der Waals surface area contributed by atoms with Crippen LogP contribution in [-0.4, -0.2) is 15.7 Å². The summed E-state index contributed by atoms with van der Waals surface area (Å²) in [6, 6.07) is 20.6. The molecule has 4 aromatic rings. The first kappa shape index (κ1) is 21.2. The zero-order chi connectivity index (χ0) is 22.5. The minimum atomic E-state index is -0.924. The van der Waals surface area contributed by atoms with Crippen LogP contribution in [0.1, 0.15) is 27.0 Å². The molecule has 0 radical (unpaired) electrons. The van der Waals surface area contributed by atoms with Crippen molar-refractivity contribution in [2.45, 2.75) is 20.1 Å². The third-order valence-electron chi connectivity index (χ3n) is 4.97. The summed E-state index contributed by atoms with van der Waals surface area (Å²) in [6.07, 6.45) is 1.69. The zero-order valence-electron chi connectivity index (χ0n) is 17.4. The number of benzene rings is 3. The smallest absolute Gasteiger partial charge is 0.262 e. The number of hydrogen-bond acceptors (Lipinski definition) is 3. The van der Waals surface area contributed by atoms with Gasteiger partial charge in [-0.15, -0.1) is 0 Å². The quantitative estimate of drug-likeness (QED) is 0.428. The molecule has 7 heteroatoms. The third-order valence-corrected chi connectivity index (χ3v) is 4.97. The van der Waals surface area contributed by atoms with E-state index in [-0.39, 0.29) is 5.82 Å². The number of carbonyl (C=O) groups excluding carboxylic acids is 1. The van der Waals surface area contributed by atoms with Gasteiger partial charge in [0.15, 0.2) is 5.82 Å². The normalized spacial score (nSPS) is 10.7. The summed E-state index contributed by atoms with van der Waals surface area (Å²) in [7, 11) is 0. The molecule has 0 fully saturated rings. The maximum atomic E-state index is 13.8. The number of aromatic nitrogens is 2. The molecule has 0 atom stereocenters. The topological polar surface area (TPSA) is 56.1 Å². The van der Waals surface area contributed by atoms with Gasteiger partial charge in [0.1, 0.15) is 29.6 Å². The van der Waals surface area contributed by atoms with Crippen LogP contribution in [0, 0.1) is 18.6 Å². The summed E-state index contributed by atoms with van der Waals surface area (Å²) in [5, 5.41) is 6.71. The van der Waals surface area contributed by atoms with Gasteiger partial charge in [-0.05, 0) is 47.9 Å². The molecule has 3 aromatic carbocycles. The molecular formula is C25H21F2N3O2. The average Bonchev–Trinajstić information content (AvgIpc) is 3.21. The highest BCUT2D eigenvalue weighted by Gasteiger charge is 2.18. The Kier molecular flexibility index (Phi) is 6.26. The van der Waals surface area contributed by atoms with Crippen molar-refractivity contribution in [3.8, 4) is 5.75 Å². The fourth-order valence-electron chi connectivity index (χ4n) is 3.26. The van der Waals surface area contributed by atoms with Crippen molar-refractivity contribution in [1.29, 1.82) is 0 Å². The van der Waals surface area contributed by atoms with Gasteiger partial charge in [0.2, 0.25) is 0 Å². The van der Waals surface area contributed by atoms with Crippen molar-refractivity contribution < 1.29 is 18.3 Å². The van der Waals surface area contributed by atoms with Crippen LogP contribution in [0.3, 0.4) is 0 Å². The summed E-state index contributed by atoms with van der Waals surface area (Å²) >= 11 is 0. The van der Waals surface area contributed by atoms with E-state index in [2.05, 4.69) is 10.4 Å². The molecule has 1 N–H and O–H groups in total. The van der Waals surface area contributed by atoms with Gasteiger partial charge < -0.3 is 10.1 Å². The monoisotopic (exact) mass is 433 g/mol. The summed E-state index contributed by atoms with van der Waals surface area (Å²) in [5.74, 6) is -1.75. The molecule has 0 saturated carbocycles. The van der Waals surface area contributed by atoms with Gasteiger partial charge in [-0.2, -0.15) is 5.10 Å². The van der Waals surface area contributed by atoms with Crippen LogP contribution in [0.5, 0.6) is 5.75 Å². The first-order valence-electron chi connectivity index (χ1n) is 10.0. The van der Waals surface area contributed by atoms with Crippen LogP contribution in [-0.2, 0) is 13.2 Å². The molecule has 0 saturated heterocycles. The van der Waals surface area contributed by atoms with E-state index in [1.165, 1.54) is 6.07 Å². The Bertz CT molecular complexity index is 1220. The summed E-state index contributed by atoms with van der Waals surface area (Å²) in [6.45, 7) is 2.94. The lowest BCUT2D eigenvalue weighted by molar-refractivity contribution is 0.101. The molecule has 0 aliphatic carbocycles. The van der Waals surface area contributed by atoms with Crippen molar-refractivity contribution in [3.63, 3.8) is 0 Å². The number of nitrogens with one attached hydrogen (secondary N) is 1. The molecule has 32 heavy (non-hydrogen) atoms. The molecule has 0 unspecified atom stereocenters. The van der Waals surface area contributed by atoms with Crippen molar-refractivity contribution >= 4 is 11.7 Å². The lowest BCUT2D eigenvalue weighted by Gasteiger charge is -2.11. The Labute approximate surface area is 184 Å². The molecule has 0 bridgehead atoms. The van der Waals surface area contributed by atoms with E-state index in [1.807, 2.05) is 55.5 Å². The molecule has 1 heterocycles. The van der Waals surface area contributed by atoms with E-state index in [4.69, 9.17) is 4.74 Å². The van der Waals surface area contributed by atoms with Gasteiger partial charge in [-0.25, -0.2) is 8.78 Å². The molecule has 162 valence electrons. The average molecular weight is 433 g/mol. The van der Waals surface area contributed by atoms with E-state index in [0.717, 1.165) is 34.6 Å². The Morgan fingerprint density at radius 3 is 2.47 bits per heavy atom. The maximum absolute atomic E-state index is 13.8. The Morgan fingerprint density at radius 2 is 1.75 bits per heavy atom. The van der Waals surface area contributed by atoms with Crippen LogP contribution in [0.25, 0.3) is 0 Å². The van der Waals surface area contributed by atoms with E-state index >= 15 is 0 Å². The van der Waals surface area contributed by atoms with Crippen molar-refractivity contribution in [2.75, 3.05) is 5.32 Å². The van der Waals surface area contributed by atoms with Crippen molar-refractivity contribution in [2.24, 2.45) is 0 Å². The molecular weight excluding hydrogens is 412 g/mol. The standard InChI is InChI=1S/C25H21F2N3O2/c1-17-14-20(32-16-18-6-3-2-4-7-18)11-10-19(17)15-30-13-12-23(29-30)28-25(31)24-21(26)8-5-9-22(24)27/h2-14H,15-16H2,1H3,(H,28,29,31). The Morgan fingerprint density at radius 1 is 1.00 bits per heavy atom. The highest BCUT2D eigenvalue weighted by Crippen LogP contribution is 2.20. The number of nitrogens with zero attached hydrogens (tertiary/aromatic N) is 2. The van der Waals surface area contributed by atoms with Gasteiger partial charge in [0.05, 0.1) is 6.54 Å². The number of amides is 1. The van der Waals surface area contributed by atoms with Crippen LogP contribution >= 0.6 is 0 Å². The number of carbonyl (C=O) groups is 1. The second-order valence-corrected chi connectivity index (χ2v) is 7.31. The first-order valence-corrected chi connectivity index (χ1v) is 10.0. The minimum absolute atomic E-state index is 0.207. The molecule has 0 aliphatic rings. The van der Waals surface area contributed by atoms with Crippen LogP contribution in [0.15, 0.2) is 79.0 Å². The third kappa shape index (κ3) is 5.00. The Hall–Kier alpha value is -4.00. The second kappa shape index (κ2) is 9.43. The van der Waals surface area contributed by atoms with Gasteiger partial charge in [-0.3, -0.25) is 9.48 Å². The molecule has 1 amide bonds. The minimum Gasteiger partial charge on any atom is -0.489 e. The number of aryl methyl sites for hydroxylation is 1. The van der Waals surface area contributed by atoms with Gasteiger partial charge in [0.25, 0.3) is 5.91 Å². The molecule has 0 aliphatic heterocycles. The summed E-state index contributed by atoms with van der Waals surface area (Å²) in [4.78, 5) is 12.2. The summed E-state index contributed by atoms with van der Waals surface area (Å²) in [5.41, 5.74) is 2.52.